The maximum absolute atomic E-state index is 13.6. The molecule has 1 aliphatic rings. The van der Waals surface area contributed by atoms with Crippen LogP contribution in [0.15, 0.2) is 66.7 Å². The summed E-state index contributed by atoms with van der Waals surface area (Å²) in [5, 5.41) is 3.40. The first-order valence-corrected chi connectivity index (χ1v) is 18.4. The Morgan fingerprint density at radius 3 is 2.27 bits per heavy atom. The van der Waals surface area contributed by atoms with Crippen molar-refractivity contribution in [3.8, 4) is 11.3 Å². The van der Waals surface area contributed by atoms with Gasteiger partial charge >= 0.3 is 24.1 Å². The predicted octanol–water partition coefficient (Wildman–Crippen LogP) is 6.74. The van der Waals surface area contributed by atoms with Gasteiger partial charge in [-0.1, -0.05) is 48.5 Å². The van der Waals surface area contributed by atoms with Gasteiger partial charge in [0.05, 0.1) is 23.8 Å². The van der Waals surface area contributed by atoms with Crippen molar-refractivity contribution < 1.29 is 38.1 Å². The van der Waals surface area contributed by atoms with Crippen LogP contribution in [0.3, 0.4) is 0 Å². The summed E-state index contributed by atoms with van der Waals surface area (Å²) in [7, 11) is 2.84. The minimum Gasteiger partial charge on any atom is -0.467 e. The van der Waals surface area contributed by atoms with E-state index in [1.165, 1.54) is 16.9 Å². The Hall–Kier alpha value is -5.66. The summed E-state index contributed by atoms with van der Waals surface area (Å²) >= 11 is 0. The number of carbonyl (C=O) groups excluding carboxylic acids is 4. The number of hydrogen-bond donors (Lipinski definition) is 1. The number of fused-ring (bicyclic) bond motifs is 1. The van der Waals surface area contributed by atoms with Crippen LogP contribution in [0, 0.1) is 6.92 Å². The molecule has 0 radical (unpaired) electrons. The summed E-state index contributed by atoms with van der Waals surface area (Å²) in [6.07, 6.45) is -0.700. The summed E-state index contributed by atoms with van der Waals surface area (Å²) in [5.74, 6) is 0.214. The average molecular weight is 757 g/mol. The molecule has 55 heavy (non-hydrogen) atoms. The van der Waals surface area contributed by atoms with E-state index in [4.69, 9.17) is 28.9 Å². The molecular weight excluding hydrogens is 704 g/mol. The van der Waals surface area contributed by atoms with Gasteiger partial charge in [-0.25, -0.2) is 29.1 Å². The number of para-hydroxylation sites is 1. The van der Waals surface area contributed by atoms with Crippen LogP contribution in [0.2, 0.25) is 0 Å². The lowest BCUT2D eigenvalue weighted by Gasteiger charge is -2.29. The highest BCUT2D eigenvalue weighted by Gasteiger charge is 2.42. The van der Waals surface area contributed by atoms with Gasteiger partial charge in [0.1, 0.15) is 41.5 Å². The second-order valence-corrected chi connectivity index (χ2v) is 15.6. The van der Waals surface area contributed by atoms with Crippen LogP contribution in [0.4, 0.5) is 15.4 Å². The van der Waals surface area contributed by atoms with E-state index in [-0.39, 0.29) is 25.6 Å². The standard InChI is InChI=1S/C41H52N6O8/c1-26-42-31-19-13-17-29(30-18-14-20-34(44-30)43-28-23-33(36(48)52-9)47(24-28)39(51)55-41(5,6)7)35(31)46(26)22-21-32(37(49)54-40(2,3)4)45(8)38(50)53-25-27-15-11-10-12-16-27/h10-20,28,32-33H,21-25H2,1-9H3,(H,43,44)/t28-,32?,33-/m0/s1. The van der Waals surface area contributed by atoms with Crippen LogP contribution >= 0.6 is 0 Å². The van der Waals surface area contributed by atoms with Gasteiger partial charge in [-0.2, -0.15) is 0 Å². The molecule has 3 heterocycles. The Kier molecular flexibility index (Phi) is 12.4. The Labute approximate surface area is 322 Å². The summed E-state index contributed by atoms with van der Waals surface area (Å²) in [5.41, 5.74) is 2.34. The van der Waals surface area contributed by atoms with E-state index in [9.17, 15) is 19.2 Å². The third kappa shape index (κ3) is 10.3. The van der Waals surface area contributed by atoms with Crippen molar-refractivity contribution in [2.45, 2.75) is 104 Å². The smallest absolute Gasteiger partial charge is 0.411 e. The van der Waals surface area contributed by atoms with Crippen LogP contribution in [-0.4, -0.2) is 98.5 Å². The van der Waals surface area contributed by atoms with Crippen molar-refractivity contribution >= 4 is 41.0 Å². The quantitative estimate of drug-likeness (QED) is 0.128. The lowest BCUT2D eigenvalue weighted by atomic mass is 10.1. The monoisotopic (exact) mass is 756 g/mol. The number of carbonyl (C=O) groups is 4. The highest BCUT2D eigenvalue weighted by Crippen LogP contribution is 2.31. The average Bonchev–Trinajstić information content (AvgIpc) is 3.69. The van der Waals surface area contributed by atoms with Gasteiger partial charge in [0.15, 0.2) is 0 Å². The number of ether oxygens (including phenoxy) is 4. The largest absolute Gasteiger partial charge is 0.467 e. The number of anilines is 1. The van der Waals surface area contributed by atoms with Gasteiger partial charge < -0.3 is 28.8 Å². The lowest BCUT2D eigenvalue weighted by molar-refractivity contribution is -0.160. The molecule has 294 valence electrons. The third-order valence-corrected chi connectivity index (χ3v) is 9.00. The minimum absolute atomic E-state index is 0.0647. The van der Waals surface area contributed by atoms with E-state index in [1.54, 1.807) is 48.6 Å². The van der Waals surface area contributed by atoms with Gasteiger partial charge in [0.2, 0.25) is 0 Å². The fourth-order valence-electron chi connectivity index (χ4n) is 6.52. The second-order valence-electron chi connectivity index (χ2n) is 15.6. The van der Waals surface area contributed by atoms with Gasteiger partial charge in [-0.3, -0.25) is 9.80 Å². The van der Waals surface area contributed by atoms with Crippen molar-refractivity contribution in [1.82, 2.24) is 24.3 Å². The highest BCUT2D eigenvalue weighted by molar-refractivity contribution is 5.92. The van der Waals surface area contributed by atoms with E-state index in [0.29, 0.717) is 24.5 Å². The molecule has 2 amide bonds. The number of imidazole rings is 1. The number of benzene rings is 2. The van der Waals surface area contributed by atoms with E-state index in [2.05, 4.69) is 5.32 Å². The molecule has 2 aromatic carbocycles. The van der Waals surface area contributed by atoms with Gasteiger partial charge in [-0.15, -0.1) is 0 Å². The number of nitrogens with one attached hydrogen (secondary N) is 1. The van der Waals surface area contributed by atoms with Crippen molar-refractivity contribution in [3.63, 3.8) is 0 Å². The van der Waals surface area contributed by atoms with Crippen LogP contribution in [0.1, 0.15) is 65.8 Å². The normalized spacial score (nSPS) is 16.3. The Bertz CT molecular complexity index is 2000. The van der Waals surface area contributed by atoms with E-state index in [0.717, 1.165) is 28.0 Å². The Morgan fingerprint density at radius 2 is 1.60 bits per heavy atom. The van der Waals surface area contributed by atoms with Gasteiger partial charge in [-0.05, 0) is 78.6 Å². The number of esters is 2. The molecule has 0 saturated carbocycles. The maximum atomic E-state index is 13.6. The molecule has 3 atom stereocenters. The molecule has 1 fully saturated rings. The number of amides is 2. The Morgan fingerprint density at radius 1 is 0.909 bits per heavy atom. The number of pyridine rings is 1. The zero-order valence-electron chi connectivity index (χ0n) is 33.1. The lowest BCUT2D eigenvalue weighted by Crippen LogP contribution is -2.46. The SMILES string of the molecule is COC(=O)[C@@H]1C[C@H](Nc2cccc(-c3cccc4nc(C)n(CCC(C(=O)OC(C)(C)C)N(C)C(=O)OCc5ccccc5)c34)n2)CN1C(=O)OC(C)(C)C. The molecule has 1 unspecified atom stereocenters. The van der Waals surface area contributed by atoms with Crippen molar-refractivity contribution in [2.24, 2.45) is 0 Å². The number of likely N-dealkylation sites (tertiary alicyclic amines) is 1. The number of aromatic nitrogens is 3. The number of nitrogens with zero attached hydrogens (tertiary/aromatic N) is 5. The summed E-state index contributed by atoms with van der Waals surface area (Å²) in [4.78, 5) is 65.0. The van der Waals surface area contributed by atoms with Crippen LogP contribution < -0.4 is 5.32 Å². The topological polar surface area (TPSA) is 154 Å². The number of likely N-dealkylation sites (N-methyl/N-ethyl adjacent to an activating group) is 1. The molecule has 14 nitrogen and oxygen atoms in total. The third-order valence-electron chi connectivity index (χ3n) is 9.00. The first-order valence-electron chi connectivity index (χ1n) is 18.4. The molecule has 2 aromatic heterocycles. The van der Waals surface area contributed by atoms with Crippen LogP contribution in [0.5, 0.6) is 0 Å². The predicted molar refractivity (Wildman–Crippen MR) is 207 cm³/mol. The van der Waals surface area contributed by atoms with Crippen molar-refractivity contribution in [2.75, 3.05) is 26.0 Å². The zero-order valence-corrected chi connectivity index (χ0v) is 33.1. The highest BCUT2D eigenvalue weighted by atomic mass is 16.6. The fourth-order valence-corrected chi connectivity index (χ4v) is 6.52. The molecule has 0 aliphatic carbocycles. The number of hydrogen-bond acceptors (Lipinski definition) is 11. The van der Waals surface area contributed by atoms with E-state index < -0.39 is 47.4 Å². The van der Waals surface area contributed by atoms with Crippen molar-refractivity contribution in [3.05, 3.63) is 78.1 Å². The van der Waals surface area contributed by atoms with Crippen molar-refractivity contribution in [1.29, 1.82) is 0 Å². The van der Waals surface area contributed by atoms with Gasteiger partial charge in [0.25, 0.3) is 0 Å². The molecule has 14 heteroatoms. The van der Waals surface area contributed by atoms with E-state index >= 15 is 0 Å². The molecule has 0 spiro atoms. The van der Waals surface area contributed by atoms with Crippen LogP contribution in [0.25, 0.3) is 22.3 Å². The summed E-state index contributed by atoms with van der Waals surface area (Å²) in [6.45, 7) is 13.2. The number of aryl methyl sites for hydroxylation is 2. The summed E-state index contributed by atoms with van der Waals surface area (Å²) in [6, 6.07) is 18.7. The Balaban J connectivity index is 1.38. The molecule has 4 aromatic rings. The number of methoxy groups -OCH3 is 1. The molecular formula is C41H52N6O8. The molecule has 0 bridgehead atoms. The zero-order chi connectivity index (χ0) is 40.1. The minimum atomic E-state index is -0.947. The molecule has 5 rings (SSSR count). The maximum Gasteiger partial charge on any atom is 0.411 e. The number of rotatable bonds is 11. The molecule has 1 N–H and O–H groups in total. The van der Waals surface area contributed by atoms with E-state index in [1.807, 2.05) is 78.2 Å². The van der Waals surface area contributed by atoms with Crippen LogP contribution in [-0.2, 0) is 41.7 Å². The first kappa shape index (κ1) is 40.5. The van der Waals surface area contributed by atoms with Gasteiger partial charge in [0, 0.05) is 38.2 Å². The fraction of sp³-hybridized carbons (Fsp3) is 0.463. The molecule has 1 saturated heterocycles. The first-order chi connectivity index (χ1) is 25.9. The second kappa shape index (κ2) is 16.8. The molecule has 1 aliphatic heterocycles. The summed E-state index contributed by atoms with van der Waals surface area (Å²) < 4.78 is 23.9.